The summed E-state index contributed by atoms with van der Waals surface area (Å²) in [5.74, 6) is 1.27. The van der Waals surface area contributed by atoms with Crippen molar-refractivity contribution in [2.45, 2.75) is 6.92 Å². The number of amides is 1. The number of H-pyrrole nitrogens is 1. The SMILES string of the molecule is COc1n[nH]c(NC(=O)/C=C/c2ccc(C)o2)n1. The molecule has 94 valence electrons. The molecule has 0 atom stereocenters. The molecule has 0 saturated heterocycles. The molecule has 7 nitrogen and oxygen atoms in total. The third-order valence-electron chi connectivity index (χ3n) is 2.05. The molecule has 1 amide bonds. The smallest absolute Gasteiger partial charge is 0.336 e. The Balaban J connectivity index is 1.94. The maximum Gasteiger partial charge on any atom is 0.336 e. The molecule has 18 heavy (non-hydrogen) atoms. The van der Waals surface area contributed by atoms with Crippen LogP contribution in [0.15, 0.2) is 22.6 Å². The van der Waals surface area contributed by atoms with Gasteiger partial charge in [-0.25, -0.2) is 5.10 Å². The fourth-order valence-corrected chi connectivity index (χ4v) is 1.25. The second-order valence-corrected chi connectivity index (χ2v) is 3.44. The number of carbonyl (C=O) groups excluding carboxylic acids is 1. The quantitative estimate of drug-likeness (QED) is 0.797. The van der Waals surface area contributed by atoms with Gasteiger partial charge in [-0.3, -0.25) is 10.1 Å². The first-order valence-corrected chi connectivity index (χ1v) is 5.19. The fourth-order valence-electron chi connectivity index (χ4n) is 1.25. The number of nitrogens with one attached hydrogen (secondary N) is 2. The molecular formula is C11H12N4O3. The molecule has 0 radical (unpaired) electrons. The standard InChI is InChI=1S/C11H12N4O3/c1-7-3-4-8(18-7)5-6-9(16)12-10-13-11(17-2)15-14-10/h3-6H,1-2H3,(H2,12,13,14,15,16)/b6-5+. The van der Waals surface area contributed by atoms with Crippen LogP contribution in [0.1, 0.15) is 11.5 Å². The molecule has 0 unspecified atom stereocenters. The Morgan fingerprint density at radius 2 is 2.39 bits per heavy atom. The van der Waals surface area contributed by atoms with E-state index in [-0.39, 0.29) is 17.9 Å². The van der Waals surface area contributed by atoms with Gasteiger partial charge in [0.25, 0.3) is 5.91 Å². The fraction of sp³-hybridized carbons (Fsp3) is 0.182. The number of methoxy groups -OCH3 is 1. The summed E-state index contributed by atoms with van der Waals surface area (Å²) in [6, 6.07) is 3.76. The second-order valence-electron chi connectivity index (χ2n) is 3.44. The molecule has 2 aromatic rings. The zero-order valence-electron chi connectivity index (χ0n) is 9.93. The first kappa shape index (κ1) is 11.9. The zero-order valence-corrected chi connectivity index (χ0v) is 9.93. The molecule has 7 heteroatoms. The van der Waals surface area contributed by atoms with Crippen LogP contribution in [0, 0.1) is 6.92 Å². The highest BCUT2D eigenvalue weighted by atomic mass is 16.5. The number of aromatic amines is 1. The number of hydrogen-bond acceptors (Lipinski definition) is 5. The van der Waals surface area contributed by atoms with E-state index in [2.05, 4.69) is 20.5 Å². The lowest BCUT2D eigenvalue weighted by atomic mass is 10.4. The number of carbonyl (C=O) groups is 1. The first-order valence-electron chi connectivity index (χ1n) is 5.19. The number of anilines is 1. The Morgan fingerprint density at radius 1 is 1.56 bits per heavy atom. The van der Waals surface area contributed by atoms with E-state index in [4.69, 9.17) is 9.15 Å². The van der Waals surface area contributed by atoms with Gasteiger partial charge in [-0.2, -0.15) is 4.98 Å². The molecule has 0 aromatic carbocycles. The Labute approximate surface area is 103 Å². The van der Waals surface area contributed by atoms with Crippen LogP contribution in [0.4, 0.5) is 5.95 Å². The predicted octanol–water partition coefficient (Wildman–Crippen LogP) is 1.37. The number of ether oxygens (including phenoxy) is 1. The van der Waals surface area contributed by atoms with Crippen LogP contribution in [-0.4, -0.2) is 28.2 Å². The summed E-state index contributed by atoms with van der Waals surface area (Å²) in [5.41, 5.74) is 0. The number of rotatable bonds is 4. The van der Waals surface area contributed by atoms with Gasteiger partial charge < -0.3 is 9.15 Å². The summed E-state index contributed by atoms with van der Waals surface area (Å²) < 4.78 is 10.1. The van der Waals surface area contributed by atoms with Crippen molar-refractivity contribution in [3.8, 4) is 6.01 Å². The Kier molecular flexibility index (Phi) is 3.42. The number of nitrogens with zero attached hydrogens (tertiary/aromatic N) is 2. The van der Waals surface area contributed by atoms with Crippen LogP contribution >= 0.6 is 0 Å². The van der Waals surface area contributed by atoms with Crippen LogP contribution in [-0.2, 0) is 4.79 Å². The Bertz CT molecular complexity index is 570. The summed E-state index contributed by atoms with van der Waals surface area (Å²) in [6.07, 6.45) is 2.91. The van der Waals surface area contributed by atoms with Crippen molar-refractivity contribution < 1.29 is 13.9 Å². The molecule has 0 fully saturated rings. The van der Waals surface area contributed by atoms with Gasteiger partial charge in [-0.05, 0) is 25.1 Å². The molecule has 0 aliphatic heterocycles. The molecule has 0 aliphatic carbocycles. The number of hydrogen-bond donors (Lipinski definition) is 2. The van der Waals surface area contributed by atoms with Gasteiger partial charge in [-0.15, -0.1) is 5.10 Å². The minimum Gasteiger partial charge on any atom is -0.466 e. The lowest BCUT2D eigenvalue weighted by Crippen LogP contribution is -2.08. The van der Waals surface area contributed by atoms with E-state index in [1.54, 1.807) is 12.1 Å². The van der Waals surface area contributed by atoms with Crippen molar-refractivity contribution in [2.24, 2.45) is 0 Å². The van der Waals surface area contributed by atoms with E-state index in [0.29, 0.717) is 5.76 Å². The van der Waals surface area contributed by atoms with E-state index < -0.39 is 0 Å². The van der Waals surface area contributed by atoms with Gasteiger partial charge >= 0.3 is 6.01 Å². The lowest BCUT2D eigenvalue weighted by molar-refractivity contribution is -0.111. The third kappa shape index (κ3) is 2.97. The predicted molar refractivity (Wildman–Crippen MR) is 64.0 cm³/mol. The summed E-state index contributed by atoms with van der Waals surface area (Å²) in [4.78, 5) is 15.4. The highest BCUT2D eigenvalue weighted by Crippen LogP contribution is 2.08. The second kappa shape index (κ2) is 5.17. The molecular weight excluding hydrogens is 236 g/mol. The maximum absolute atomic E-state index is 11.5. The molecule has 2 heterocycles. The normalized spacial score (nSPS) is 10.8. The van der Waals surface area contributed by atoms with Gasteiger partial charge in [0.05, 0.1) is 7.11 Å². The monoisotopic (exact) mass is 248 g/mol. The highest BCUT2D eigenvalue weighted by Gasteiger charge is 2.04. The van der Waals surface area contributed by atoms with Crippen LogP contribution in [0.5, 0.6) is 6.01 Å². The van der Waals surface area contributed by atoms with Crippen LogP contribution in [0.25, 0.3) is 6.08 Å². The molecule has 2 N–H and O–H groups in total. The van der Waals surface area contributed by atoms with E-state index in [9.17, 15) is 4.79 Å². The average molecular weight is 248 g/mol. The molecule has 0 bridgehead atoms. The van der Waals surface area contributed by atoms with Crippen molar-refractivity contribution in [1.29, 1.82) is 0 Å². The first-order chi connectivity index (χ1) is 8.67. The van der Waals surface area contributed by atoms with Crippen LogP contribution in [0.2, 0.25) is 0 Å². The van der Waals surface area contributed by atoms with Crippen molar-refractivity contribution >= 4 is 17.9 Å². The van der Waals surface area contributed by atoms with Gasteiger partial charge in [-0.1, -0.05) is 0 Å². The van der Waals surface area contributed by atoms with E-state index >= 15 is 0 Å². The molecule has 2 aromatic heterocycles. The minimum absolute atomic E-state index is 0.163. The van der Waals surface area contributed by atoms with Gasteiger partial charge in [0, 0.05) is 6.08 Å². The van der Waals surface area contributed by atoms with Gasteiger partial charge in [0.15, 0.2) is 0 Å². The Morgan fingerprint density at radius 3 is 3.00 bits per heavy atom. The molecule has 2 rings (SSSR count). The maximum atomic E-state index is 11.5. The average Bonchev–Trinajstić information content (AvgIpc) is 2.95. The molecule has 0 saturated carbocycles. The third-order valence-corrected chi connectivity index (χ3v) is 2.05. The highest BCUT2D eigenvalue weighted by molar-refractivity contribution is 6.00. The van der Waals surface area contributed by atoms with Crippen molar-refractivity contribution in [3.05, 3.63) is 29.7 Å². The lowest BCUT2D eigenvalue weighted by Gasteiger charge is -1.94. The minimum atomic E-state index is -0.345. The van der Waals surface area contributed by atoms with Crippen LogP contribution < -0.4 is 10.1 Å². The van der Waals surface area contributed by atoms with E-state index in [1.165, 1.54) is 13.2 Å². The Hall–Kier alpha value is -2.57. The van der Waals surface area contributed by atoms with Crippen molar-refractivity contribution in [3.63, 3.8) is 0 Å². The molecule has 0 spiro atoms. The topological polar surface area (TPSA) is 93.0 Å². The van der Waals surface area contributed by atoms with E-state index in [0.717, 1.165) is 5.76 Å². The largest absolute Gasteiger partial charge is 0.466 e. The number of aromatic nitrogens is 3. The van der Waals surface area contributed by atoms with Crippen LogP contribution in [0.3, 0.4) is 0 Å². The zero-order chi connectivity index (χ0) is 13.0. The van der Waals surface area contributed by atoms with E-state index in [1.807, 2.05) is 13.0 Å². The summed E-state index contributed by atoms with van der Waals surface area (Å²) in [5, 5.41) is 8.71. The summed E-state index contributed by atoms with van der Waals surface area (Å²) in [6.45, 7) is 1.83. The van der Waals surface area contributed by atoms with Gasteiger partial charge in [0.2, 0.25) is 5.95 Å². The number of aryl methyl sites for hydroxylation is 1. The number of furan rings is 1. The summed E-state index contributed by atoms with van der Waals surface area (Å²) in [7, 11) is 1.44. The van der Waals surface area contributed by atoms with Gasteiger partial charge in [0.1, 0.15) is 11.5 Å². The van der Waals surface area contributed by atoms with Crippen molar-refractivity contribution in [2.75, 3.05) is 12.4 Å². The molecule has 0 aliphatic rings. The van der Waals surface area contributed by atoms with Crippen molar-refractivity contribution in [1.82, 2.24) is 15.2 Å². The summed E-state index contributed by atoms with van der Waals surface area (Å²) >= 11 is 0.